The van der Waals surface area contributed by atoms with E-state index in [4.69, 9.17) is 37.4 Å². The quantitative estimate of drug-likeness (QED) is 0.334. The lowest BCUT2D eigenvalue weighted by molar-refractivity contribution is -0.135. The van der Waals surface area contributed by atoms with Crippen LogP contribution in [0.2, 0.25) is 10.0 Å². The molecule has 3 aromatic rings. The third-order valence-electron chi connectivity index (χ3n) is 5.59. The van der Waals surface area contributed by atoms with E-state index in [-0.39, 0.29) is 69.9 Å². The summed E-state index contributed by atoms with van der Waals surface area (Å²) in [5, 5.41) is 28.7. The van der Waals surface area contributed by atoms with Crippen molar-refractivity contribution in [3.63, 3.8) is 0 Å². The first kappa shape index (κ1) is 29.2. The molecule has 1 fully saturated rings. The van der Waals surface area contributed by atoms with Crippen molar-refractivity contribution in [2.75, 3.05) is 37.7 Å². The van der Waals surface area contributed by atoms with Crippen LogP contribution in [-0.2, 0) is 19.6 Å². The van der Waals surface area contributed by atoms with Crippen LogP contribution >= 0.6 is 23.2 Å². The Morgan fingerprint density at radius 3 is 2.15 bits per heavy atom. The second kappa shape index (κ2) is 12.2. The van der Waals surface area contributed by atoms with E-state index in [0.717, 1.165) is 17.0 Å². The first-order valence-electron chi connectivity index (χ1n) is 11.5. The normalized spacial score (nSPS) is 13.9. The summed E-state index contributed by atoms with van der Waals surface area (Å²) in [5.74, 6) is -1.98. The van der Waals surface area contributed by atoms with Gasteiger partial charge in [-0.15, -0.1) is 0 Å². The van der Waals surface area contributed by atoms with Crippen LogP contribution in [0.5, 0.6) is 28.7 Å². The smallest absolute Gasteiger partial charge is 0.420 e. The average molecular weight is 613 g/mol. The van der Waals surface area contributed by atoms with Gasteiger partial charge in [-0.25, -0.2) is 13.2 Å². The predicted molar refractivity (Wildman–Crippen MR) is 143 cm³/mol. The number of carboxylic acids is 1. The number of carbonyl (C=O) groups is 2. The molecule has 15 heteroatoms. The number of hydrogen-bond donors (Lipinski definition) is 3. The summed E-state index contributed by atoms with van der Waals surface area (Å²) in [6, 6.07) is 11.2. The maximum Gasteiger partial charge on any atom is 0.420 e. The molecule has 3 N–H and O–H groups in total. The Morgan fingerprint density at radius 2 is 1.55 bits per heavy atom. The number of carboxylic acid groups (broad SMARTS) is 1. The van der Waals surface area contributed by atoms with E-state index in [9.17, 15) is 33.3 Å². The van der Waals surface area contributed by atoms with Crippen molar-refractivity contribution in [1.29, 1.82) is 0 Å². The highest BCUT2D eigenvalue weighted by Crippen LogP contribution is 2.41. The van der Waals surface area contributed by atoms with E-state index in [2.05, 4.69) is 0 Å². The number of halogens is 2. The zero-order valence-electron chi connectivity index (χ0n) is 20.5. The second-order valence-corrected chi connectivity index (χ2v) is 11.0. The Balaban J connectivity index is 1.61. The molecule has 0 radical (unpaired) electrons. The molecule has 1 aliphatic heterocycles. The Morgan fingerprint density at radius 1 is 0.950 bits per heavy atom. The number of nitrogens with zero attached hydrogens (tertiary/aromatic N) is 2. The molecule has 0 saturated carbocycles. The summed E-state index contributed by atoms with van der Waals surface area (Å²) in [5.41, 5.74) is -0.0326. The fraction of sp³-hybridized carbons (Fsp3) is 0.200. The first-order chi connectivity index (χ1) is 19.0. The third-order valence-corrected chi connectivity index (χ3v) is 8.08. The number of rotatable bonds is 8. The number of morpholine rings is 1. The van der Waals surface area contributed by atoms with Crippen LogP contribution in [0.4, 0.5) is 10.5 Å². The maximum absolute atomic E-state index is 13.1. The third kappa shape index (κ3) is 6.69. The van der Waals surface area contributed by atoms with E-state index in [1.54, 1.807) is 0 Å². The molecular formula is C25H22Cl2N2O10S. The van der Waals surface area contributed by atoms with Crippen molar-refractivity contribution in [3.05, 3.63) is 64.6 Å². The van der Waals surface area contributed by atoms with Gasteiger partial charge < -0.3 is 29.5 Å². The Kier molecular flexibility index (Phi) is 8.91. The summed E-state index contributed by atoms with van der Waals surface area (Å²) >= 11 is 12.8. The van der Waals surface area contributed by atoms with Gasteiger partial charge in [0.05, 0.1) is 28.9 Å². The van der Waals surface area contributed by atoms with Gasteiger partial charge in [-0.05, 0) is 48.5 Å². The Bertz CT molecular complexity index is 1500. The molecule has 1 heterocycles. The van der Waals surface area contributed by atoms with E-state index in [0.29, 0.717) is 0 Å². The Hall–Kier alpha value is -3.75. The van der Waals surface area contributed by atoms with Crippen molar-refractivity contribution in [3.8, 4) is 28.7 Å². The van der Waals surface area contributed by atoms with Gasteiger partial charge in [0.25, 0.3) is 0 Å². The Labute approximate surface area is 238 Å². The molecule has 1 aliphatic rings. The summed E-state index contributed by atoms with van der Waals surface area (Å²) in [4.78, 5) is 24.6. The van der Waals surface area contributed by atoms with Crippen molar-refractivity contribution in [2.45, 2.75) is 4.90 Å². The molecule has 4 rings (SSSR count). The minimum atomic E-state index is -4.07. The fourth-order valence-electron chi connectivity index (χ4n) is 3.67. The standard InChI is InChI=1S/C25H22Cl2N2O10S/c26-19-11-15(29(14-23(32)33)25(34)39-17-3-1-16(30)2-4-17)12-20(27)24(19)38-18-5-6-21(31)22(13-18)40(35,36)28-7-9-37-10-8-28/h1-6,11-13,30-31H,7-10,14H2,(H,32,33). The number of ether oxygens (including phenoxy) is 3. The van der Waals surface area contributed by atoms with Crippen molar-refractivity contribution < 1.29 is 47.5 Å². The molecule has 40 heavy (non-hydrogen) atoms. The van der Waals surface area contributed by atoms with Crippen LogP contribution in [0.15, 0.2) is 59.5 Å². The van der Waals surface area contributed by atoms with Crippen LogP contribution in [0.25, 0.3) is 0 Å². The predicted octanol–water partition coefficient (Wildman–Crippen LogP) is 4.31. The monoisotopic (exact) mass is 612 g/mol. The number of aliphatic carboxylic acids is 1. The van der Waals surface area contributed by atoms with Crippen LogP contribution in [0, 0.1) is 0 Å². The largest absolute Gasteiger partial charge is 0.508 e. The molecule has 3 aromatic carbocycles. The molecule has 0 bridgehead atoms. The van der Waals surface area contributed by atoms with Gasteiger partial charge in [0, 0.05) is 19.2 Å². The summed E-state index contributed by atoms with van der Waals surface area (Å²) in [7, 11) is -4.07. The molecule has 0 atom stereocenters. The van der Waals surface area contributed by atoms with Gasteiger partial charge in [0.2, 0.25) is 10.0 Å². The lowest BCUT2D eigenvalue weighted by Gasteiger charge is -2.26. The molecule has 12 nitrogen and oxygen atoms in total. The second-order valence-electron chi connectivity index (χ2n) is 8.33. The molecule has 1 amide bonds. The molecule has 0 aliphatic carbocycles. The highest BCUT2D eigenvalue weighted by molar-refractivity contribution is 7.89. The van der Waals surface area contributed by atoms with Gasteiger partial charge in [0.15, 0.2) is 5.75 Å². The summed E-state index contributed by atoms with van der Waals surface area (Å²) in [6.45, 7) is -0.128. The number of phenols is 2. The van der Waals surface area contributed by atoms with Crippen LogP contribution < -0.4 is 14.4 Å². The number of benzene rings is 3. The molecule has 0 aromatic heterocycles. The van der Waals surface area contributed by atoms with Gasteiger partial charge >= 0.3 is 12.1 Å². The van der Waals surface area contributed by atoms with Crippen molar-refractivity contribution in [2.24, 2.45) is 0 Å². The minimum absolute atomic E-state index is 0.0182. The van der Waals surface area contributed by atoms with Gasteiger partial charge in [-0.3, -0.25) is 9.69 Å². The minimum Gasteiger partial charge on any atom is -0.508 e. The van der Waals surface area contributed by atoms with Crippen LogP contribution in [-0.4, -0.2) is 73.0 Å². The first-order valence-corrected chi connectivity index (χ1v) is 13.7. The van der Waals surface area contributed by atoms with E-state index < -0.39 is 34.4 Å². The molecule has 212 valence electrons. The summed E-state index contributed by atoms with van der Waals surface area (Å²) in [6.07, 6.45) is -1.06. The van der Waals surface area contributed by atoms with Gasteiger partial charge in [-0.2, -0.15) is 4.31 Å². The number of sulfonamides is 1. The van der Waals surface area contributed by atoms with E-state index >= 15 is 0 Å². The maximum atomic E-state index is 13.1. The number of aromatic hydroxyl groups is 2. The van der Waals surface area contributed by atoms with Gasteiger partial charge in [0.1, 0.15) is 34.4 Å². The number of phenolic OH excluding ortho intramolecular Hbond substituents is 2. The molecular weight excluding hydrogens is 591 g/mol. The number of amides is 1. The summed E-state index contributed by atoms with van der Waals surface area (Å²) < 4.78 is 43.4. The average Bonchev–Trinajstić information content (AvgIpc) is 2.91. The van der Waals surface area contributed by atoms with Gasteiger partial charge in [-0.1, -0.05) is 23.2 Å². The number of anilines is 1. The van der Waals surface area contributed by atoms with Crippen LogP contribution in [0.1, 0.15) is 0 Å². The lowest BCUT2D eigenvalue weighted by Crippen LogP contribution is -2.40. The number of hydrogen-bond acceptors (Lipinski definition) is 9. The van der Waals surface area contributed by atoms with Crippen LogP contribution in [0.3, 0.4) is 0 Å². The number of carbonyl (C=O) groups excluding carboxylic acids is 1. The fourth-order valence-corrected chi connectivity index (χ4v) is 5.73. The zero-order chi connectivity index (χ0) is 29.0. The molecule has 0 unspecified atom stereocenters. The van der Waals surface area contributed by atoms with Crippen molar-refractivity contribution in [1.82, 2.24) is 4.31 Å². The highest BCUT2D eigenvalue weighted by Gasteiger charge is 2.30. The highest BCUT2D eigenvalue weighted by atomic mass is 35.5. The van der Waals surface area contributed by atoms with E-state index in [1.165, 1.54) is 46.8 Å². The lowest BCUT2D eigenvalue weighted by atomic mass is 10.2. The van der Waals surface area contributed by atoms with Crippen molar-refractivity contribution >= 4 is 51.0 Å². The molecule has 1 saturated heterocycles. The topological polar surface area (TPSA) is 163 Å². The zero-order valence-corrected chi connectivity index (χ0v) is 22.8. The van der Waals surface area contributed by atoms with E-state index in [1.807, 2.05) is 0 Å². The molecule has 0 spiro atoms. The SMILES string of the molecule is O=C(O)CN(C(=O)Oc1ccc(O)cc1)c1cc(Cl)c(Oc2ccc(O)c(S(=O)(=O)N3CCOCC3)c2)c(Cl)c1.